The van der Waals surface area contributed by atoms with Crippen molar-refractivity contribution in [1.82, 2.24) is 0 Å². The highest BCUT2D eigenvalue weighted by molar-refractivity contribution is 5.71. The Morgan fingerprint density at radius 2 is 0.507 bits per heavy atom. The van der Waals surface area contributed by atoms with Gasteiger partial charge in [-0.05, 0) is 51.4 Å². The third-order valence-electron chi connectivity index (χ3n) is 14.5. The van der Waals surface area contributed by atoms with Crippen LogP contribution in [0.4, 0.5) is 0 Å². The van der Waals surface area contributed by atoms with Gasteiger partial charge in [0.25, 0.3) is 0 Å². The lowest BCUT2D eigenvalue weighted by Crippen LogP contribution is -2.30. The summed E-state index contributed by atoms with van der Waals surface area (Å²) in [5.41, 5.74) is 0. The van der Waals surface area contributed by atoms with E-state index in [4.69, 9.17) is 14.2 Å². The second-order valence-electron chi connectivity index (χ2n) is 21.7. The number of allylic oxidation sites excluding steroid dienone is 4. The lowest BCUT2D eigenvalue weighted by atomic mass is 10.0. The van der Waals surface area contributed by atoms with Crippen molar-refractivity contribution in [3.8, 4) is 0 Å². The van der Waals surface area contributed by atoms with E-state index in [0.29, 0.717) is 19.3 Å². The van der Waals surface area contributed by atoms with Crippen LogP contribution in [0.15, 0.2) is 24.3 Å². The van der Waals surface area contributed by atoms with Crippen LogP contribution < -0.4 is 0 Å². The van der Waals surface area contributed by atoms with Gasteiger partial charge in [-0.2, -0.15) is 0 Å². The molecule has 0 rings (SSSR count). The molecule has 71 heavy (non-hydrogen) atoms. The number of unbranched alkanes of at least 4 members (excludes halogenated alkanes) is 44. The van der Waals surface area contributed by atoms with Gasteiger partial charge in [-0.15, -0.1) is 0 Å². The summed E-state index contributed by atoms with van der Waals surface area (Å²) in [6, 6.07) is 0. The van der Waals surface area contributed by atoms with Crippen LogP contribution in [-0.4, -0.2) is 37.2 Å². The predicted molar refractivity (Wildman–Crippen MR) is 307 cm³/mol. The minimum absolute atomic E-state index is 0.0650. The smallest absolute Gasteiger partial charge is 0.306 e. The number of rotatable bonds is 59. The Labute approximate surface area is 443 Å². The highest BCUT2D eigenvalue weighted by Crippen LogP contribution is 2.18. The lowest BCUT2D eigenvalue weighted by Gasteiger charge is -2.18. The summed E-state index contributed by atoms with van der Waals surface area (Å²) in [6.07, 6.45) is 72.5. The monoisotopic (exact) mass is 999 g/mol. The fraction of sp³-hybridized carbons (Fsp3) is 0.892. The molecule has 1 unspecified atom stereocenters. The van der Waals surface area contributed by atoms with Crippen molar-refractivity contribution in [2.24, 2.45) is 0 Å². The molecule has 0 heterocycles. The van der Waals surface area contributed by atoms with Gasteiger partial charge in [0.15, 0.2) is 6.10 Å². The summed E-state index contributed by atoms with van der Waals surface area (Å²) in [5, 5.41) is 0. The van der Waals surface area contributed by atoms with Crippen LogP contribution in [0, 0.1) is 0 Å². The van der Waals surface area contributed by atoms with Crippen molar-refractivity contribution in [1.29, 1.82) is 0 Å². The zero-order chi connectivity index (χ0) is 51.4. The molecule has 0 aromatic carbocycles. The maximum atomic E-state index is 12.8. The summed E-state index contributed by atoms with van der Waals surface area (Å²) in [7, 11) is 0. The first-order valence-electron chi connectivity index (χ1n) is 31.8. The van der Waals surface area contributed by atoms with E-state index in [1.165, 1.54) is 244 Å². The molecule has 0 amide bonds. The summed E-state index contributed by atoms with van der Waals surface area (Å²) in [6.45, 7) is 6.60. The molecule has 418 valence electrons. The highest BCUT2D eigenvalue weighted by atomic mass is 16.6. The first kappa shape index (κ1) is 68.9. The molecule has 0 bridgehead atoms. The third-order valence-corrected chi connectivity index (χ3v) is 14.5. The summed E-state index contributed by atoms with van der Waals surface area (Å²) < 4.78 is 16.8. The molecule has 0 saturated heterocycles. The average molecular weight is 1000 g/mol. The van der Waals surface area contributed by atoms with Gasteiger partial charge in [-0.1, -0.05) is 308 Å². The Morgan fingerprint density at radius 1 is 0.282 bits per heavy atom. The fourth-order valence-electron chi connectivity index (χ4n) is 9.65. The molecule has 0 saturated carbocycles. The largest absolute Gasteiger partial charge is 0.462 e. The molecule has 0 aliphatic heterocycles. The Bertz CT molecular complexity index is 1150. The van der Waals surface area contributed by atoms with Gasteiger partial charge in [-0.3, -0.25) is 14.4 Å². The predicted octanol–water partition coefficient (Wildman–Crippen LogP) is 21.4. The molecular weight excluding hydrogens is 877 g/mol. The summed E-state index contributed by atoms with van der Waals surface area (Å²) >= 11 is 0. The molecule has 0 fully saturated rings. The Morgan fingerprint density at radius 3 is 0.775 bits per heavy atom. The Balaban J connectivity index is 3.86. The van der Waals surface area contributed by atoms with Gasteiger partial charge in [0.1, 0.15) is 13.2 Å². The standard InChI is InChI=1S/C65H122O6/c1-4-7-10-13-15-17-19-21-23-24-25-26-27-28-29-30-31-32-33-34-35-36-37-38-39-40-42-43-45-47-49-52-55-58-64(67)70-61-62(60-69-63(66)57-54-51-12-9-6-3)71-65(68)59-56-53-50-48-46-44-41-22-20-18-16-14-11-8-5-2/h19,21,24-25,62H,4-18,20,22-23,26-61H2,1-3H3/b21-19-,25-24-. The van der Waals surface area contributed by atoms with Gasteiger partial charge < -0.3 is 14.2 Å². The number of ether oxygens (including phenoxy) is 3. The zero-order valence-corrected chi connectivity index (χ0v) is 48.0. The normalized spacial score (nSPS) is 12.1. The number of carbonyl (C=O) groups is 3. The van der Waals surface area contributed by atoms with Crippen molar-refractivity contribution in [3.05, 3.63) is 24.3 Å². The van der Waals surface area contributed by atoms with Gasteiger partial charge in [0, 0.05) is 19.3 Å². The number of carbonyl (C=O) groups excluding carboxylic acids is 3. The van der Waals surface area contributed by atoms with Gasteiger partial charge >= 0.3 is 17.9 Å². The van der Waals surface area contributed by atoms with E-state index >= 15 is 0 Å². The van der Waals surface area contributed by atoms with Gasteiger partial charge in [0.2, 0.25) is 0 Å². The Kier molecular flexibility index (Phi) is 58.6. The van der Waals surface area contributed by atoms with E-state index in [9.17, 15) is 14.4 Å². The van der Waals surface area contributed by atoms with Gasteiger partial charge in [0.05, 0.1) is 0 Å². The molecule has 6 heteroatoms. The van der Waals surface area contributed by atoms with E-state index in [1.54, 1.807) is 0 Å². The lowest BCUT2D eigenvalue weighted by molar-refractivity contribution is -0.167. The van der Waals surface area contributed by atoms with Crippen molar-refractivity contribution < 1.29 is 28.6 Å². The van der Waals surface area contributed by atoms with Crippen LogP contribution in [0.2, 0.25) is 0 Å². The zero-order valence-electron chi connectivity index (χ0n) is 48.0. The van der Waals surface area contributed by atoms with Crippen molar-refractivity contribution in [2.75, 3.05) is 13.2 Å². The van der Waals surface area contributed by atoms with Crippen LogP contribution in [0.3, 0.4) is 0 Å². The van der Waals surface area contributed by atoms with Crippen LogP contribution in [-0.2, 0) is 28.6 Å². The van der Waals surface area contributed by atoms with Crippen LogP contribution in [0.25, 0.3) is 0 Å². The van der Waals surface area contributed by atoms with E-state index < -0.39 is 6.10 Å². The number of esters is 3. The second-order valence-corrected chi connectivity index (χ2v) is 21.7. The maximum absolute atomic E-state index is 12.8. The Hall–Kier alpha value is -2.11. The van der Waals surface area contributed by atoms with Crippen LogP contribution in [0.5, 0.6) is 0 Å². The first-order valence-corrected chi connectivity index (χ1v) is 31.8. The molecule has 0 aromatic rings. The van der Waals surface area contributed by atoms with Crippen molar-refractivity contribution in [2.45, 2.75) is 361 Å². The van der Waals surface area contributed by atoms with E-state index in [1.807, 2.05) is 0 Å². The molecular formula is C65H122O6. The first-order chi connectivity index (χ1) is 35.0. The average Bonchev–Trinajstić information content (AvgIpc) is 3.37. The SMILES string of the molecule is CCCCCCC/C=C\C/C=C\CCCCCCCCCCCCCCCCCCCCCCCC(=O)OCC(COC(=O)CCCCCCC)OC(=O)CCCCCCCCCCCCCCCCC. The van der Waals surface area contributed by atoms with Crippen LogP contribution >= 0.6 is 0 Å². The van der Waals surface area contributed by atoms with Crippen molar-refractivity contribution in [3.63, 3.8) is 0 Å². The molecule has 0 aliphatic rings. The minimum Gasteiger partial charge on any atom is -0.462 e. The topological polar surface area (TPSA) is 78.9 Å². The molecule has 0 aromatic heterocycles. The molecule has 1 atom stereocenters. The van der Waals surface area contributed by atoms with Crippen molar-refractivity contribution >= 4 is 17.9 Å². The van der Waals surface area contributed by atoms with Crippen LogP contribution in [0.1, 0.15) is 355 Å². The quantitative estimate of drug-likeness (QED) is 0.0261. The van der Waals surface area contributed by atoms with Gasteiger partial charge in [-0.25, -0.2) is 0 Å². The fourth-order valence-corrected chi connectivity index (χ4v) is 9.65. The second kappa shape index (κ2) is 60.4. The molecule has 6 nitrogen and oxygen atoms in total. The van der Waals surface area contributed by atoms with E-state index in [2.05, 4.69) is 45.1 Å². The maximum Gasteiger partial charge on any atom is 0.306 e. The summed E-state index contributed by atoms with van der Waals surface area (Å²) in [4.78, 5) is 37.8. The highest BCUT2D eigenvalue weighted by Gasteiger charge is 2.19. The minimum atomic E-state index is -0.762. The third kappa shape index (κ3) is 58.7. The van der Waals surface area contributed by atoms with E-state index in [0.717, 1.165) is 70.6 Å². The molecule has 0 spiro atoms. The molecule has 0 N–H and O–H groups in total. The molecule has 0 radical (unpaired) electrons. The van der Waals surface area contributed by atoms with E-state index in [-0.39, 0.29) is 31.1 Å². The summed E-state index contributed by atoms with van der Waals surface area (Å²) in [5.74, 6) is -0.857. The number of hydrogen-bond donors (Lipinski definition) is 0. The molecule has 0 aliphatic carbocycles. The number of hydrogen-bond acceptors (Lipinski definition) is 6.